The largest absolute Gasteiger partial charge is 0.491 e. The van der Waals surface area contributed by atoms with Crippen molar-refractivity contribution in [2.45, 2.75) is 0 Å². The highest BCUT2D eigenvalue weighted by Gasteiger charge is 2.03. The van der Waals surface area contributed by atoms with Gasteiger partial charge in [0.25, 0.3) is 0 Å². The van der Waals surface area contributed by atoms with Gasteiger partial charge in [0, 0.05) is 16.1 Å². The van der Waals surface area contributed by atoms with Crippen LogP contribution in [0.2, 0.25) is 5.02 Å². The highest BCUT2D eigenvalue weighted by Crippen LogP contribution is 2.24. The summed E-state index contributed by atoms with van der Waals surface area (Å²) >= 11 is 5.88. The SMILES string of the molecule is O=C(NCCOc1cccc2ccccc12)Nc1cccc(Cl)c1. The van der Waals surface area contributed by atoms with Gasteiger partial charge in [0.15, 0.2) is 0 Å². The molecule has 0 heterocycles. The summed E-state index contributed by atoms with van der Waals surface area (Å²) in [6.45, 7) is 0.784. The van der Waals surface area contributed by atoms with Crippen LogP contribution < -0.4 is 15.4 Å². The maximum absolute atomic E-state index is 11.8. The van der Waals surface area contributed by atoms with Crippen molar-refractivity contribution in [3.8, 4) is 5.75 Å². The second-order valence-electron chi connectivity index (χ2n) is 5.22. The lowest BCUT2D eigenvalue weighted by atomic mass is 10.1. The topological polar surface area (TPSA) is 50.4 Å². The molecular formula is C19H17ClN2O2. The molecule has 0 aliphatic rings. The molecule has 5 heteroatoms. The second kappa shape index (κ2) is 7.70. The van der Waals surface area contributed by atoms with Crippen LogP contribution in [0.25, 0.3) is 10.8 Å². The van der Waals surface area contributed by atoms with E-state index in [-0.39, 0.29) is 6.03 Å². The monoisotopic (exact) mass is 340 g/mol. The first kappa shape index (κ1) is 16.1. The molecule has 0 atom stereocenters. The Morgan fingerprint density at radius 3 is 2.67 bits per heavy atom. The van der Waals surface area contributed by atoms with Gasteiger partial charge >= 0.3 is 6.03 Å². The van der Waals surface area contributed by atoms with Gasteiger partial charge in [-0.05, 0) is 29.7 Å². The van der Waals surface area contributed by atoms with Crippen LogP contribution in [0.15, 0.2) is 66.7 Å². The van der Waals surface area contributed by atoms with E-state index in [0.29, 0.717) is 23.9 Å². The molecule has 3 rings (SSSR count). The number of urea groups is 1. The van der Waals surface area contributed by atoms with Crippen molar-refractivity contribution < 1.29 is 9.53 Å². The van der Waals surface area contributed by atoms with Crippen LogP contribution in [0, 0.1) is 0 Å². The van der Waals surface area contributed by atoms with E-state index in [1.54, 1.807) is 24.3 Å². The summed E-state index contributed by atoms with van der Waals surface area (Å²) in [5, 5.41) is 8.23. The van der Waals surface area contributed by atoms with E-state index >= 15 is 0 Å². The Morgan fingerprint density at radius 2 is 1.79 bits per heavy atom. The molecule has 0 saturated heterocycles. The van der Waals surface area contributed by atoms with E-state index in [9.17, 15) is 4.79 Å². The number of ether oxygens (including phenoxy) is 1. The molecule has 0 fully saturated rings. The molecular weight excluding hydrogens is 324 g/mol. The van der Waals surface area contributed by atoms with Crippen molar-refractivity contribution in [2.75, 3.05) is 18.5 Å². The third-order valence-electron chi connectivity index (χ3n) is 3.48. The van der Waals surface area contributed by atoms with E-state index < -0.39 is 0 Å². The molecule has 0 unspecified atom stereocenters. The first-order chi connectivity index (χ1) is 11.7. The number of fused-ring (bicyclic) bond motifs is 1. The zero-order chi connectivity index (χ0) is 16.8. The van der Waals surface area contributed by atoms with E-state index in [1.807, 2.05) is 42.5 Å². The molecule has 2 amide bonds. The number of hydrogen-bond donors (Lipinski definition) is 2. The van der Waals surface area contributed by atoms with Crippen LogP contribution in [0.3, 0.4) is 0 Å². The molecule has 3 aromatic rings. The molecule has 0 bridgehead atoms. The van der Waals surface area contributed by atoms with Gasteiger partial charge in [0.1, 0.15) is 12.4 Å². The van der Waals surface area contributed by atoms with Gasteiger partial charge in [0.05, 0.1) is 6.54 Å². The molecule has 0 radical (unpaired) electrons. The highest BCUT2D eigenvalue weighted by atomic mass is 35.5. The lowest BCUT2D eigenvalue weighted by Crippen LogP contribution is -2.32. The Hall–Kier alpha value is -2.72. The van der Waals surface area contributed by atoms with Crippen LogP contribution in [0.5, 0.6) is 5.75 Å². The van der Waals surface area contributed by atoms with Gasteiger partial charge in [-0.15, -0.1) is 0 Å². The number of amides is 2. The summed E-state index contributed by atoms with van der Waals surface area (Å²) < 4.78 is 5.78. The van der Waals surface area contributed by atoms with E-state index in [0.717, 1.165) is 16.5 Å². The molecule has 2 N–H and O–H groups in total. The molecule has 122 valence electrons. The average Bonchev–Trinajstić information content (AvgIpc) is 2.59. The van der Waals surface area contributed by atoms with E-state index in [1.165, 1.54) is 0 Å². The van der Waals surface area contributed by atoms with Crippen LogP contribution in [0.1, 0.15) is 0 Å². The predicted octanol–water partition coefficient (Wildman–Crippen LogP) is 4.69. The maximum atomic E-state index is 11.8. The van der Waals surface area contributed by atoms with Crippen molar-refractivity contribution in [1.82, 2.24) is 5.32 Å². The first-order valence-corrected chi connectivity index (χ1v) is 8.01. The average molecular weight is 341 g/mol. The number of nitrogens with one attached hydrogen (secondary N) is 2. The lowest BCUT2D eigenvalue weighted by Gasteiger charge is -2.11. The van der Waals surface area contributed by atoms with Crippen LogP contribution in [-0.4, -0.2) is 19.2 Å². The number of rotatable bonds is 5. The maximum Gasteiger partial charge on any atom is 0.319 e. The van der Waals surface area contributed by atoms with Gasteiger partial charge < -0.3 is 15.4 Å². The second-order valence-corrected chi connectivity index (χ2v) is 5.65. The molecule has 0 aromatic heterocycles. The summed E-state index contributed by atoms with van der Waals surface area (Å²) in [7, 11) is 0. The lowest BCUT2D eigenvalue weighted by molar-refractivity contribution is 0.247. The smallest absolute Gasteiger partial charge is 0.319 e. The Kier molecular flexibility index (Phi) is 5.18. The van der Waals surface area contributed by atoms with Crippen molar-refractivity contribution in [3.63, 3.8) is 0 Å². The van der Waals surface area contributed by atoms with Crippen molar-refractivity contribution in [1.29, 1.82) is 0 Å². The summed E-state index contributed by atoms with van der Waals surface area (Å²) in [6, 6.07) is 20.7. The summed E-state index contributed by atoms with van der Waals surface area (Å²) in [5.74, 6) is 0.810. The standard InChI is InChI=1S/C19H17ClN2O2/c20-15-7-4-8-16(13-15)22-19(23)21-11-12-24-18-10-3-6-14-5-1-2-9-17(14)18/h1-10,13H,11-12H2,(H2,21,22,23). The minimum absolute atomic E-state index is 0.293. The molecule has 4 nitrogen and oxygen atoms in total. The predicted molar refractivity (Wildman–Crippen MR) is 97.9 cm³/mol. The molecule has 24 heavy (non-hydrogen) atoms. The third kappa shape index (κ3) is 4.18. The Bertz CT molecular complexity index is 846. The molecule has 0 saturated carbocycles. The van der Waals surface area contributed by atoms with Gasteiger partial charge in [-0.25, -0.2) is 4.79 Å². The number of halogens is 1. The number of carbonyl (C=O) groups is 1. The van der Waals surface area contributed by atoms with Crippen molar-refractivity contribution in [3.05, 3.63) is 71.8 Å². The summed E-state index contributed by atoms with van der Waals surface area (Å²) in [5.41, 5.74) is 0.648. The van der Waals surface area contributed by atoms with Crippen LogP contribution in [0.4, 0.5) is 10.5 Å². The van der Waals surface area contributed by atoms with Crippen LogP contribution in [-0.2, 0) is 0 Å². The quantitative estimate of drug-likeness (QED) is 0.662. The van der Waals surface area contributed by atoms with Gasteiger partial charge in [-0.2, -0.15) is 0 Å². The van der Waals surface area contributed by atoms with Gasteiger partial charge in [0.2, 0.25) is 0 Å². The van der Waals surface area contributed by atoms with Gasteiger partial charge in [-0.1, -0.05) is 54.1 Å². The van der Waals surface area contributed by atoms with Crippen molar-refractivity contribution in [2.24, 2.45) is 0 Å². The fourth-order valence-corrected chi connectivity index (χ4v) is 2.58. The molecule has 0 aliphatic carbocycles. The van der Waals surface area contributed by atoms with Gasteiger partial charge in [-0.3, -0.25) is 0 Å². The Labute approximate surface area is 145 Å². The summed E-state index contributed by atoms with van der Waals surface area (Å²) in [6.07, 6.45) is 0. The molecule has 0 spiro atoms. The minimum atomic E-state index is -0.293. The molecule has 0 aliphatic heterocycles. The first-order valence-electron chi connectivity index (χ1n) is 7.63. The van der Waals surface area contributed by atoms with Crippen molar-refractivity contribution >= 4 is 34.1 Å². The minimum Gasteiger partial charge on any atom is -0.491 e. The Morgan fingerprint density at radius 1 is 1.00 bits per heavy atom. The van der Waals surface area contributed by atoms with Crippen LogP contribution >= 0.6 is 11.6 Å². The Balaban J connectivity index is 1.49. The summed E-state index contributed by atoms with van der Waals surface area (Å²) in [4.78, 5) is 11.8. The zero-order valence-electron chi connectivity index (χ0n) is 13.0. The number of benzene rings is 3. The normalized spacial score (nSPS) is 10.4. The number of hydrogen-bond acceptors (Lipinski definition) is 2. The molecule has 3 aromatic carbocycles. The third-order valence-corrected chi connectivity index (χ3v) is 3.71. The fraction of sp³-hybridized carbons (Fsp3) is 0.105. The van der Waals surface area contributed by atoms with E-state index in [2.05, 4.69) is 10.6 Å². The number of carbonyl (C=O) groups excluding carboxylic acids is 1. The number of anilines is 1. The fourth-order valence-electron chi connectivity index (χ4n) is 2.39. The van der Waals surface area contributed by atoms with E-state index in [4.69, 9.17) is 16.3 Å². The highest BCUT2D eigenvalue weighted by molar-refractivity contribution is 6.30. The zero-order valence-corrected chi connectivity index (χ0v) is 13.7.